The Balaban J connectivity index is 2.33. The summed E-state index contributed by atoms with van der Waals surface area (Å²) < 4.78 is 9.96. The summed E-state index contributed by atoms with van der Waals surface area (Å²) in [6.45, 7) is 0. The van der Waals surface area contributed by atoms with Crippen LogP contribution in [0.3, 0.4) is 0 Å². The normalized spacial score (nSPS) is 22.8. The van der Waals surface area contributed by atoms with Gasteiger partial charge in [0.15, 0.2) is 0 Å². The van der Waals surface area contributed by atoms with E-state index in [2.05, 4.69) is 0 Å². The van der Waals surface area contributed by atoms with E-state index in [9.17, 15) is 4.79 Å². The third-order valence-corrected chi connectivity index (χ3v) is 3.37. The fourth-order valence-corrected chi connectivity index (χ4v) is 2.36. The van der Waals surface area contributed by atoms with Crippen molar-refractivity contribution in [2.45, 2.75) is 18.9 Å². The third kappa shape index (κ3) is 2.13. The quantitative estimate of drug-likeness (QED) is 0.788. The molecule has 17 heavy (non-hydrogen) atoms. The van der Waals surface area contributed by atoms with Crippen LogP contribution in [0.25, 0.3) is 0 Å². The Labute approximate surface area is 101 Å². The smallest absolute Gasteiger partial charge is 0.310 e. The Morgan fingerprint density at radius 1 is 1.41 bits per heavy atom. The first kappa shape index (κ1) is 11.9. The Morgan fingerprint density at radius 2 is 2.18 bits per heavy atom. The van der Waals surface area contributed by atoms with Crippen molar-refractivity contribution in [2.75, 3.05) is 14.2 Å². The molecule has 2 N–H and O–H groups in total. The van der Waals surface area contributed by atoms with E-state index in [4.69, 9.17) is 15.2 Å². The summed E-state index contributed by atoms with van der Waals surface area (Å²) in [6.07, 6.45) is 1.60. The molecule has 1 aromatic carbocycles. The monoisotopic (exact) mass is 235 g/mol. The highest BCUT2D eigenvalue weighted by Gasteiger charge is 2.32. The van der Waals surface area contributed by atoms with Crippen molar-refractivity contribution in [2.24, 2.45) is 11.7 Å². The molecule has 0 saturated heterocycles. The summed E-state index contributed by atoms with van der Waals surface area (Å²) in [6, 6.07) is 5.54. The maximum atomic E-state index is 11.6. The minimum Gasteiger partial charge on any atom is -0.497 e. The van der Waals surface area contributed by atoms with Gasteiger partial charge in [-0.15, -0.1) is 0 Å². The molecule has 0 bridgehead atoms. The molecule has 2 unspecified atom stereocenters. The molecule has 2 rings (SSSR count). The first-order valence-electron chi connectivity index (χ1n) is 5.67. The number of rotatable bonds is 2. The summed E-state index contributed by atoms with van der Waals surface area (Å²) in [5.74, 6) is 0.287. The largest absolute Gasteiger partial charge is 0.497 e. The van der Waals surface area contributed by atoms with Gasteiger partial charge in [-0.2, -0.15) is 0 Å². The van der Waals surface area contributed by atoms with Crippen LogP contribution in [0.15, 0.2) is 18.2 Å². The van der Waals surface area contributed by atoms with Gasteiger partial charge in [-0.1, -0.05) is 6.07 Å². The zero-order valence-corrected chi connectivity index (χ0v) is 10.1. The molecule has 0 heterocycles. The second kappa shape index (κ2) is 4.75. The number of methoxy groups -OCH3 is 2. The van der Waals surface area contributed by atoms with E-state index in [0.717, 1.165) is 24.2 Å². The van der Waals surface area contributed by atoms with Crippen LogP contribution >= 0.6 is 0 Å². The van der Waals surface area contributed by atoms with Crippen LogP contribution in [-0.4, -0.2) is 20.2 Å². The molecule has 1 aliphatic rings. The molecule has 1 aromatic rings. The number of carbonyl (C=O) groups excluding carboxylic acids is 1. The van der Waals surface area contributed by atoms with Crippen LogP contribution < -0.4 is 10.5 Å². The molecule has 0 spiro atoms. The lowest BCUT2D eigenvalue weighted by molar-refractivity contribution is -0.146. The second-order valence-corrected chi connectivity index (χ2v) is 4.26. The van der Waals surface area contributed by atoms with Gasteiger partial charge < -0.3 is 15.2 Å². The molecule has 1 aliphatic carbocycles. The highest BCUT2D eigenvalue weighted by Crippen LogP contribution is 2.35. The van der Waals surface area contributed by atoms with Crippen LogP contribution in [0.4, 0.5) is 0 Å². The number of hydrogen-bond acceptors (Lipinski definition) is 4. The zero-order valence-electron chi connectivity index (χ0n) is 10.1. The van der Waals surface area contributed by atoms with Crippen molar-refractivity contribution >= 4 is 5.97 Å². The highest BCUT2D eigenvalue weighted by molar-refractivity contribution is 5.74. The van der Waals surface area contributed by atoms with Crippen LogP contribution in [0, 0.1) is 5.92 Å². The van der Waals surface area contributed by atoms with E-state index in [-0.39, 0.29) is 17.9 Å². The number of esters is 1. The summed E-state index contributed by atoms with van der Waals surface area (Å²) in [5.41, 5.74) is 8.32. The van der Waals surface area contributed by atoms with E-state index in [1.807, 2.05) is 18.2 Å². The van der Waals surface area contributed by atoms with Gasteiger partial charge >= 0.3 is 5.97 Å². The molecular weight excluding hydrogens is 218 g/mol. The first-order valence-corrected chi connectivity index (χ1v) is 5.67. The maximum Gasteiger partial charge on any atom is 0.310 e. The van der Waals surface area contributed by atoms with Crippen molar-refractivity contribution in [3.05, 3.63) is 29.3 Å². The lowest BCUT2D eigenvalue weighted by atomic mass is 9.80. The summed E-state index contributed by atoms with van der Waals surface area (Å²) in [5, 5.41) is 0. The van der Waals surface area contributed by atoms with Crippen molar-refractivity contribution in [1.82, 2.24) is 0 Å². The van der Waals surface area contributed by atoms with Gasteiger partial charge in [-0.3, -0.25) is 4.79 Å². The van der Waals surface area contributed by atoms with E-state index in [1.165, 1.54) is 12.7 Å². The van der Waals surface area contributed by atoms with Crippen LogP contribution in [-0.2, 0) is 16.0 Å². The maximum absolute atomic E-state index is 11.6. The number of ether oxygens (including phenoxy) is 2. The van der Waals surface area contributed by atoms with Gasteiger partial charge in [0, 0.05) is 6.04 Å². The lowest BCUT2D eigenvalue weighted by Gasteiger charge is -2.29. The van der Waals surface area contributed by atoms with Crippen LogP contribution in [0.1, 0.15) is 23.6 Å². The van der Waals surface area contributed by atoms with E-state index >= 15 is 0 Å². The molecular formula is C13H17NO3. The zero-order chi connectivity index (χ0) is 12.4. The van der Waals surface area contributed by atoms with Crippen LogP contribution in [0.2, 0.25) is 0 Å². The van der Waals surface area contributed by atoms with Crippen molar-refractivity contribution in [3.8, 4) is 5.75 Å². The molecule has 2 atom stereocenters. The fourth-order valence-electron chi connectivity index (χ4n) is 2.36. The molecule has 92 valence electrons. The van der Waals surface area contributed by atoms with E-state index < -0.39 is 0 Å². The molecule has 4 nitrogen and oxygen atoms in total. The van der Waals surface area contributed by atoms with E-state index in [1.54, 1.807) is 7.11 Å². The first-order chi connectivity index (χ1) is 8.17. The SMILES string of the molecule is COC(=O)C1CCc2ccc(OC)cc2C1N. The summed E-state index contributed by atoms with van der Waals surface area (Å²) in [7, 11) is 3.02. The number of fused-ring (bicyclic) bond motifs is 1. The summed E-state index contributed by atoms with van der Waals surface area (Å²) >= 11 is 0. The van der Waals surface area contributed by atoms with Crippen molar-refractivity contribution in [3.63, 3.8) is 0 Å². The van der Waals surface area contributed by atoms with Gasteiger partial charge in [0.05, 0.1) is 20.1 Å². The Morgan fingerprint density at radius 3 is 2.82 bits per heavy atom. The Kier molecular flexibility index (Phi) is 3.33. The number of aryl methyl sites for hydroxylation is 1. The Hall–Kier alpha value is -1.55. The molecule has 0 fully saturated rings. The highest BCUT2D eigenvalue weighted by atomic mass is 16.5. The van der Waals surface area contributed by atoms with Crippen molar-refractivity contribution in [1.29, 1.82) is 0 Å². The standard InChI is InChI=1S/C13H17NO3/c1-16-9-5-3-8-4-6-10(13(15)17-2)12(14)11(8)7-9/h3,5,7,10,12H,4,6,14H2,1-2H3. The molecule has 4 heteroatoms. The minimum atomic E-state index is -0.304. The molecule has 0 saturated carbocycles. The Bertz CT molecular complexity index is 431. The second-order valence-electron chi connectivity index (χ2n) is 4.26. The molecule has 0 amide bonds. The predicted octanol–water partition coefficient (Wildman–Crippen LogP) is 1.43. The number of hydrogen-bond donors (Lipinski definition) is 1. The van der Waals surface area contributed by atoms with Gasteiger partial charge in [0.2, 0.25) is 0 Å². The predicted molar refractivity (Wildman–Crippen MR) is 63.7 cm³/mol. The fraction of sp³-hybridized carbons (Fsp3) is 0.462. The molecule has 0 aromatic heterocycles. The van der Waals surface area contributed by atoms with Gasteiger partial charge in [-0.05, 0) is 36.1 Å². The van der Waals surface area contributed by atoms with Gasteiger partial charge in [0.1, 0.15) is 5.75 Å². The topological polar surface area (TPSA) is 61.5 Å². The van der Waals surface area contributed by atoms with Crippen molar-refractivity contribution < 1.29 is 14.3 Å². The summed E-state index contributed by atoms with van der Waals surface area (Å²) in [4.78, 5) is 11.6. The van der Waals surface area contributed by atoms with Gasteiger partial charge in [0.25, 0.3) is 0 Å². The van der Waals surface area contributed by atoms with Crippen LogP contribution in [0.5, 0.6) is 5.75 Å². The minimum absolute atomic E-state index is 0.231. The van der Waals surface area contributed by atoms with E-state index in [0.29, 0.717) is 0 Å². The lowest BCUT2D eigenvalue weighted by Crippen LogP contribution is -2.33. The van der Waals surface area contributed by atoms with Gasteiger partial charge in [-0.25, -0.2) is 0 Å². The number of carbonyl (C=O) groups is 1. The average Bonchev–Trinajstić information content (AvgIpc) is 2.38. The average molecular weight is 235 g/mol. The third-order valence-electron chi connectivity index (χ3n) is 3.37. The number of benzene rings is 1. The molecule has 0 radical (unpaired) electrons. The number of nitrogens with two attached hydrogens (primary N) is 1. The molecule has 0 aliphatic heterocycles.